The molecule has 150 valence electrons. The fourth-order valence-electron chi connectivity index (χ4n) is 2.40. The number of rotatable bonds is 3. The highest BCUT2D eigenvalue weighted by Crippen LogP contribution is 2.29. The van der Waals surface area contributed by atoms with Crippen molar-refractivity contribution in [3.63, 3.8) is 0 Å². The van der Waals surface area contributed by atoms with Crippen LogP contribution in [0.2, 0.25) is 0 Å². The number of alkyl halides is 3. The molecule has 4 N–H and O–H groups in total. The van der Waals surface area contributed by atoms with Gasteiger partial charge >= 0.3 is 6.18 Å². The highest BCUT2D eigenvalue weighted by molar-refractivity contribution is 6.05. The van der Waals surface area contributed by atoms with Gasteiger partial charge in [0.1, 0.15) is 0 Å². The number of hydrazine groups is 1. The summed E-state index contributed by atoms with van der Waals surface area (Å²) in [6.45, 7) is 8.54. The van der Waals surface area contributed by atoms with Crippen LogP contribution in [0, 0.1) is 5.41 Å². The SMILES string of the molecule is CC1CC(NC(=NCC(C)(C)C)NC(=O)c2ccc(C(F)(F)F)cc2)NN1. The van der Waals surface area contributed by atoms with E-state index in [1.807, 2.05) is 27.7 Å². The summed E-state index contributed by atoms with van der Waals surface area (Å²) in [5.41, 5.74) is 5.36. The number of hydrogen-bond donors (Lipinski definition) is 4. The second-order valence-electron chi connectivity index (χ2n) is 7.88. The van der Waals surface area contributed by atoms with Gasteiger partial charge in [0, 0.05) is 18.2 Å². The van der Waals surface area contributed by atoms with E-state index in [4.69, 9.17) is 0 Å². The topological polar surface area (TPSA) is 77.5 Å². The maximum Gasteiger partial charge on any atom is 0.416 e. The summed E-state index contributed by atoms with van der Waals surface area (Å²) in [5.74, 6) is -0.244. The van der Waals surface area contributed by atoms with Gasteiger partial charge in [-0.1, -0.05) is 20.8 Å². The van der Waals surface area contributed by atoms with Gasteiger partial charge in [0.25, 0.3) is 5.91 Å². The van der Waals surface area contributed by atoms with E-state index in [1.54, 1.807) is 0 Å². The molecular weight excluding hydrogens is 359 g/mol. The van der Waals surface area contributed by atoms with Crippen molar-refractivity contribution in [2.45, 2.75) is 52.5 Å². The van der Waals surface area contributed by atoms with Crippen LogP contribution in [-0.2, 0) is 6.18 Å². The van der Waals surface area contributed by atoms with Gasteiger partial charge in [-0.2, -0.15) is 13.2 Å². The second-order valence-corrected chi connectivity index (χ2v) is 7.88. The molecule has 1 saturated heterocycles. The molecule has 1 aromatic rings. The normalized spacial score (nSPS) is 21.2. The molecule has 6 nitrogen and oxygen atoms in total. The van der Waals surface area contributed by atoms with Crippen molar-refractivity contribution in [2.75, 3.05) is 6.54 Å². The average Bonchev–Trinajstić information content (AvgIpc) is 2.96. The molecule has 2 rings (SSSR count). The summed E-state index contributed by atoms with van der Waals surface area (Å²) in [5, 5.41) is 5.78. The fourth-order valence-corrected chi connectivity index (χ4v) is 2.40. The average molecular weight is 385 g/mol. The van der Waals surface area contributed by atoms with E-state index in [2.05, 4.69) is 26.5 Å². The van der Waals surface area contributed by atoms with Crippen molar-refractivity contribution in [3.05, 3.63) is 35.4 Å². The predicted molar refractivity (Wildman–Crippen MR) is 97.9 cm³/mol. The highest BCUT2D eigenvalue weighted by atomic mass is 19.4. The Morgan fingerprint density at radius 1 is 1.19 bits per heavy atom. The molecule has 0 saturated carbocycles. The van der Waals surface area contributed by atoms with Crippen LogP contribution in [0.1, 0.15) is 50.0 Å². The van der Waals surface area contributed by atoms with Crippen LogP contribution in [0.3, 0.4) is 0 Å². The van der Waals surface area contributed by atoms with Gasteiger partial charge in [-0.05, 0) is 43.0 Å². The molecule has 1 amide bonds. The first-order valence-corrected chi connectivity index (χ1v) is 8.75. The van der Waals surface area contributed by atoms with Gasteiger partial charge in [0.05, 0.1) is 11.7 Å². The lowest BCUT2D eigenvalue weighted by molar-refractivity contribution is -0.137. The van der Waals surface area contributed by atoms with Crippen molar-refractivity contribution < 1.29 is 18.0 Å². The van der Waals surface area contributed by atoms with E-state index in [0.717, 1.165) is 30.7 Å². The maximum absolute atomic E-state index is 12.7. The smallest absolute Gasteiger partial charge is 0.339 e. The van der Waals surface area contributed by atoms with Gasteiger partial charge in [-0.15, -0.1) is 0 Å². The molecule has 0 aliphatic carbocycles. The quantitative estimate of drug-likeness (QED) is 0.477. The Hall–Kier alpha value is -2.13. The van der Waals surface area contributed by atoms with E-state index in [9.17, 15) is 18.0 Å². The molecule has 1 aliphatic rings. The third-order valence-corrected chi connectivity index (χ3v) is 3.82. The molecule has 1 fully saturated rings. The number of carbonyl (C=O) groups excluding carboxylic acids is 1. The largest absolute Gasteiger partial charge is 0.416 e. The van der Waals surface area contributed by atoms with E-state index in [0.29, 0.717) is 6.54 Å². The fraction of sp³-hybridized carbons (Fsp3) is 0.556. The van der Waals surface area contributed by atoms with Crippen LogP contribution in [0.15, 0.2) is 29.3 Å². The number of carbonyl (C=O) groups is 1. The Balaban J connectivity index is 2.09. The first-order valence-electron chi connectivity index (χ1n) is 8.75. The number of hydrogen-bond acceptors (Lipinski definition) is 4. The van der Waals surface area contributed by atoms with Gasteiger partial charge < -0.3 is 5.32 Å². The Labute approximate surface area is 157 Å². The van der Waals surface area contributed by atoms with Crippen LogP contribution >= 0.6 is 0 Å². The minimum atomic E-state index is -4.44. The summed E-state index contributed by atoms with van der Waals surface area (Å²) in [6.07, 6.45) is -3.77. The summed E-state index contributed by atoms with van der Waals surface area (Å²) in [6, 6.07) is 4.34. The first-order chi connectivity index (χ1) is 12.4. The van der Waals surface area contributed by atoms with Crippen LogP contribution in [-0.4, -0.2) is 30.6 Å². The van der Waals surface area contributed by atoms with E-state index >= 15 is 0 Å². The second kappa shape index (κ2) is 8.26. The number of amides is 1. The van der Waals surface area contributed by atoms with Crippen LogP contribution in [0.25, 0.3) is 0 Å². The minimum absolute atomic E-state index is 0.0827. The lowest BCUT2D eigenvalue weighted by Crippen LogP contribution is -2.50. The predicted octanol–water partition coefficient (Wildman–Crippen LogP) is 2.64. The van der Waals surface area contributed by atoms with Crippen molar-refractivity contribution >= 4 is 11.9 Å². The van der Waals surface area contributed by atoms with Gasteiger partial charge in [-0.25, -0.2) is 5.43 Å². The van der Waals surface area contributed by atoms with Crippen molar-refractivity contribution in [1.29, 1.82) is 0 Å². The molecule has 0 bridgehead atoms. The summed E-state index contributed by atoms with van der Waals surface area (Å²) >= 11 is 0. The maximum atomic E-state index is 12.7. The zero-order valence-electron chi connectivity index (χ0n) is 15.9. The molecule has 0 aromatic heterocycles. The molecule has 2 atom stereocenters. The number of guanidine groups is 1. The highest BCUT2D eigenvalue weighted by Gasteiger charge is 2.30. The summed E-state index contributed by atoms with van der Waals surface area (Å²) in [4.78, 5) is 16.9. The van der Waals surface area contributed by atoms with E-state index in [1.165, 1.54) is 0 Å². The van der Waals surface area contributed by atoms with Crippen LogP contribution < -0.4 is 21.5 Å². The molecule has 9 heteroatoms. The number of nitrogens with one attached hydrogen (secondary N) is 4. The number of aliphatic imine (C=N–C) groups is 1. The Morgan fingerprint density at radius 2 is 1.81 bits per heavy atom. The Kier molecular flexibility index (Phi) is 6.48. The molecule has 1 aromatic carbocycles. The number of benzene rings is 1. The molecule has 1 heterocycles. The third kappa shape index (κ3) is 6.84. The lowest BCUT2D eigenvalue weighted by Gasteiger charge is -2.20. The van der Waals surface area contributed by atoms with Crippen molar-refractivity contribution in [3.8, 4) is 0 Å². The van der Waals surface area contributed by atoms with Gasteiger partial charge in [0.2, 0.25) is 0 Å². The standard InChI is InChI=1S/C18H26F3N5O/c1-11-9-14(26-25-11)23-16(22-10-17(2,3)4)24-15(27)12-5-7-13(8-6-12)18(19,20)21/h5-8,11,14,25-26H,9-10H2,1-4H3,(H2,22,23,24,27). The molecule has 27 heavy (non-hydrogen) atoms. The zero-order chi connectivity index (χ0) is 20.2. The Bertz CT molecular complexity index is 680. The van der Waals surface area contributed by atoms with Crippen LogP contribution in [0.5, 0.6) is 0 Å². The van der Waals surface area contributed by atoms with E-state index < -0.39 is 17.6 Å². The third-order valence-electron chi connectivity index (χ3n) is 3.82. The van der Waals surface area contributed by atoms with Gasteiger partial charge in [0.15, 0.2) is 5.96 Å². The van der Waals surface area contributed by atoms with Gasteiger partial charge in [-0.3, -0.25) is 20.5 Å². The number of halogens is 3. The zero-order valence-corrected chi connectivity index (χ0v) is 15.9. The lowest BCUT2D eigenvalue weighted by atomic mass is 9.97. The molecule has 2 unspecified atom stereocenters. The molecular formula is C18H26F3N5O. The van der Waals surface area contributed by atoms with Crippen LogP contribution in [0.4, 0.5) is 13.2 Å². The van der Waals surface area contributed by atoms with Crippen molar-refractivity contribution in [1.82, 2.24) is 21.5 Å². The summed E-state index contributed by atoms with van der Waals surface area (Å²) < 4.78 is 38.0. The van der Waals surface area contributed by atoms with Crippen molar-refractivity contribution in [2.24, 2.45) is 10.4 Å². The molecule has 0 radical (unpaired) electrons. The van der Waals surface area contributed by atoms with E-state index in [-0.39, 0.29) is 29.1 Å². The minimum Gasteiger partial charge on any atom is -0.339 e. The molecule has 1 aliphatic heterocycles. The first kappa shape index (κ1) is 21.2. The summed E-state index contributed by atoms with van der Waals surface area (Å²) in [7, 11) is 0. The molecule has 0 spiro atoms. The Morgan fingerprint density at radius 3 is 2.30 bits per heavy atom. The number of nitrogens with zero attached hydrogens (tertiary/aromatic N) is 1. The monoisotopic (exact) mass is 385 g/mol.